The fraction of sp³-hybridized carbons (Fsp3) is 0.143. The Bertz CT molecular complexity index is 1120. The number of rotatable bonds is 4. The van der Waals surface area contributed by atoms with Crippen molar-refractivity contribution in [3.8, 4) is 11.3 Å². The second-order valence-corrected chi connectivity index (χ2v) is 6.58. The molecule has 0 unspecified atom stereocenters. The molecule has 0 aliphatic heterocycles. The molecular formula is C21H20N6O. The molecule has 0 aliphatic rings. The van der Waals surface area contributed by atoms with Crippen LogP contribution in [0.5, 0.6) is 0 Å². The van der Waals surface area contributed by atoms with Gasteiger partial charge in [-0.2, -0.15) is 5.10 Å². The number of anilines is 1. The van der Waals surface area contributed by atoms with Crippen molar-refractivity contribution in [3.05, 3.63) is 72.1 Å². The van der Waals surface area contributed by atoms with E-state index in [1.807, 2.05) is 62.4 Å². The molecule has 3 heterocycles. The number of urea groups is 1. The molecule has 7 nitrogen and oxygen atoms in total. The maximum atomic E-state index is 12.3. The van der Waals surface area contributed by atoms with Gasteiger partial charge in [-0.25, -0.2) is 9.78 Å². The highest BCUT2D eigenvalue weighted by Crippen LogP contribution is 2.26. The summed E-state index contributed by atoms with van der Waals surface area (Å²) < 4.78 is 0. The minimum Gasteiger partial charge on any atom is -0.331 e. The van der Waals surface area contributed by atoms with Gasteiger partial charge in [-0.05, 0) is 43.7 Å². The van der Waals surface area contributed by atoms with Gasteiger partial charge in [-0.15, -0.1) is 0 Å². The lowest BCUT2D eigenvalue weighted by Crippen LogP contribution is -2.31. The van der Waals surface area contributed by atoms with Gasteiger partial charge in [0.1, 0.15) is 11.5 Å². The summed E-state index contributed by atoms with van der Waals surface area (Å²) in [4.78, 5) is 21.0. The van der Waals surface area contributed by atoms with Gasteiger partial charge in [0.15, 0.2) is 5.65 Å². The van der Waals surface area contributed by atoms with E-state index in [-0.39, 0.29) is 12.1 Å². The van der Waals surface area contributed by atoms with E-state index >= 15 is 0 Å². The van der Waals surface area contributed by atoms with Crippen LogP contribution in [-0.4, -0.2) is 26.2 Å². The van der Waals surface area contributed by atoms with E-state index in [1.54, 1.807) is 12.3 Å². The van der Waals surface area contributed by atoms with E-state index in [1.165, 1.54) is 0 Å². The Labute approximate surface area is 162 Å². The molecule has 140 valence electrons. The highest BCUT2D eigenvalue weighted by Gasteiger charge is 2.13. The predicted molar refractivity (Wildman–Crippen MR) is 109 cm³/mol. The summed E-state index contributed by atoms with van der Waals surface area (Å²) >= 11 is 0. The molecule has 28 heavy (non-hydrogen) atoms. The van der Waals surface area contributed by atoms with Crippen LogP contribution in [0.3, 0.4) is 0 Å². The van der Waals surface area contributed by atoms with Gasteiger partial charge in [-0.1, -0.05) is 30.3 Å². The second-order valence-electron chi connectivity index (χ2n) is 6.58. The maximum absolute atomic E-state index is 12.3. The third kappa shape index (κ3) is 3.68. The molecule has 0 fully saturated rings. The highest BCUT2D eigenvalue weighted by molar-refractivity contribution is 5.94. The normalized spacial score (nSPS) is 11.9. The Hall–Kier alpha value is -3.74. The Morgan fingerprint density at radius 2 is 1.93 bits per heavy atom. The van der Waals surface area contributed by atoms with Crippen LogP contribution in [0.4, 0.5) is 10.6 Å². The Morgan fingerprint density at radius 3 is 2.71 bits per heavy atom. The van der Waals surface area contributed by atoms with Gasteiger partial charge in [0, 0.05) is 22.8 Å². The number of nitrogens with one attached hydrogen (secondary N) is 3. The molecule has 4 aromatic rings. The number of aryl methyl sites for hydroxylation is 1. The average molecular weight is 372 g/mol. The fourth-order valence-electron chi connectivity index (χ4n) is 3.06. The first-order valence-electron chi connectivity index (χ1n) is 9.01. The average Bonchev–Trinajstić information content (AvgIpc) is 3.12. The molecule has 0 saturated carbocycles. The minimum atomic E-state index is -0.312. The number of aromatic nitrogens is 4. The van der Waals surface area contributed by atoms with Crippen molar-refractivity contribution in [2.24, 2.45) is 0 Å². The molecule has 0 radical (unpaired) electrons. The molecule has 7 heteroatoms. The van der Waals surface area contributed by atoms with Gasteiger partial charge in [-0.3, -0.25) is 15.4 Å². The number of pyridine rings is 2. The zero-order valence-electron chi connectivity index (χ0n) is 15.6. The van der Waals surface area contributed by atoms with Gasteiger partial charge in [0.2, 0.25) is 0 Å². The van der Waals surface area contributed by atoms with Crippen LogP contribution in [0.15, 0.2) is 60.8 Å². The number of aromatic amines is 1. The summed E-state index contributed by atoms with van der Waals surface area (Å²) in [6.07, 6.45) is 1.76. The van der Waals surface area contributed by atoms with Crippen molar-refractivity contribution in [2.75, 3.05) is 5.32 Å². The van der Waals surface area contributed by atoms with Crippen molar-refractivity contribution >= 4 is 22.9 Å². The van der Waals surface area contributed by atoms with Crippen LogP contribution >= 0.6 is 0 Å². The van der Waals surface area contributed by atoms with E-state index in [0.29, 0.717) is 11.5 Å². The third-order valence-electron chi connectivity index (χ3n) is 4.48. The van der Waals surface area contributed by atoms with Crippen LogP contribution in [-0.2, 0) is 0 Å². The first-order chi connectivity index (χ1) is 13.6. The lowest BCUT2D eigenvalue weighted by atomic mass is 10.1. The van der Waals surface area contributed by atoms with Crippen molar-refractivity contribution in [1.29, 1.82) is 0 Å². The Balaban J connectivity index is 1.50. The number of nitrogens with zero attached hydrogens (tertiary/aromatic N) is 3. The van der Waals surface area contributed by atoms with Crippen LogP contribution in [0, 0.1) is 6.92 Å². The van der Waals surface area contributed by atoms with Crippen molar-refractivity contribution in [2.45, 2.75) is 19.9 Å². The summed E-state index contributed by atoms with van der Waals surface area (Å²) in [7, 11) is 0. The third-order valence-corrected chi connectivity index (χ3v) is 4.48. The molecule has 1 atom stereocenters. The lowest BCUT2D eigenvalue weighted by molar-refractivity contribution is 0.249. The topological polar surface area (TPSA) is 95.6 Å². The van der Waals surface area contributed by atoms with E-state index in [0.717, 1.165) is 27.9 Å². The summed E-state index contributed by atoms with van der Waals surface area (Å²) in [6, 6.07) is 16.9. The molecule has 3 N–H and O–H groups in total. The standard InChI is InChI=1S/C21H20N6O/c1-13-12-16(10-11-22-13)19-17-8-9-18(24-20(17)27-26-19)25-21(28)23-14(2)15-6-4-3-5-7-15/h3-12,14H,1-2H3,(H3,23,24,25,26,27,28)/t14-/m1/s1. The zero-order valence-corrected chi connectivity index (χ0v) is 15.6. The molecule has 1 aromatic carbocycles. The first-order valence-corrected chi connectivity index (χ1v) is 9.01. The van der Waals surface area contributed by atoms with Crippen LogP contribution < -0.4 is 10.6 Å². The molecule has 0 bridgehead atoms. The molecular weight excluding hydrogens is 352 g/mol. The minimum absolute atomic E-state index is 0.112. The summed E-state index contributed by atoms with van der Waals surface area (Å²) in [6.45, 7) is 3.87. The predicted octanol–water partition coefficient (Wildman–Crippen LogP) is 4.21. The SMILES string of the molecule is Cc1cc(-c2n[nH]c3nc(NC(=O)N[C@H](C)c4ccccc4)ccc23)ccn1. The molecule has 0 aliphatic carbocycles. The smallest absolute Gasteiger partial charge is 0.320 e. The number of H-pyrrole nitrogens is 1. The quantitative estimate of drug-likeness (QED) is 0.500. The molecule has 3 aromatic heterocycles. The Morgan fingerprint density at radius 1 is 1.11 bits per heavy atom. The van der Waals surface area contributed by atoms with E-state index < -0.39 is 0 Å². The summed E-state index contributed by atoms with van der Waals surface area (Å²) in [5.74, 6) is 0.450. The number of carbonyl (C=O) groups is 1. The van der Waals surface area contributed by atoms with E-state index in [4.69, 9.17) is 0 Å². The molecule has 0 spiro atoms. The van der Waals surface area contributed by atoms with Crippen LogP contribution in [0.1, 0.15) is 24.2 Å². The summed E-state index contributed by atoms with van der Waals surface area (Å²) in [5, 5.41) is 13.9. The van der Waals surface area contributed by atoms with Crippen molar-refractivity contribution in [1.82, 2.24) is 25.5 Å². The lowest BCUT2D eigenvalue weighted by Gasteiger charge is -2.14. The fourth-order valence-corrected chi connectivity index (χ4v) is 3.06. The first kappa shape index (κ1) is 17.7. The number of benzene rings is 1. The largest absolute Gasteiger partial charge is 0.331 e. The monoisotopic (exact) mass is 372 g/mol. The van der Waals surface area contributed by atoms with Gasteiger partial charge in [0.25, 0.3) is 0 Å². The highest BCUT2D eigenvalue weighted by atomic mass is 16.2. The number of hydrogen-bond acceptors (Lipinski definition) is 4. The number of amides is 2. The van der Waals surface area contributed by atoms with E-state index in [9.17, 15) is 4.79 Å². The summed E-state index contributed by atoms with van der Waals surface area (Å²) in [5.41, 5.74) is 4.34. The van der Waals surface area contributed by atoms with Gasteiger partial charge < -0.3 is 5.32 Å². The van der Waals surface area contributed by atoms with Gasteiger partial charge in [0.05, 0.1) is 6.04 Å². The van der Waals surface area contributed by atoms with Gasteiger partial charge >= 0.3 is 6.03 Å². The van der Waals surface area contributed by atoms with E-state index in [2.05, 4.69) is 30.8 Å². The van der Waals surface area contributed by atoms with Crippen LogP contribution in [0.2, 0.25) is 0 Å². The second kappa shape index (κ2) is 7.48. The number of fused-ring (bicyclic) bond motifs is 1. The number of hydrogen-bond donors (Lipinski definition) is 3. The molecule has 2 amide bonds. The Kier molecular flexibility index (Phi) is 4.72. The molecule has 4 rings (SSSR count). The van der Waals surface area contributed by atoms with Crippen molar-refractivity contribution in [3.63, 3.8) is 0 Å². The van der Waals surface area contributed by atoms with Crippen LogP contribution in [0.25, 0.3) is 22.3 Å². The van der Waals surface area contributed by atoms with Crippen molar-refractivity contribution < 1.29 is 4.79 Å². The molecule has 0 saturated heterocycles. The zero-order chi connectivity index (χ0) is 19.5. The maximum Gasteiger partial charge on any atom is 0.320 e. The number of carbonyl (C=O) groups excluding carboxylic acids is 1.